The predicted molar refractivity (Wildman–Crippen MR) is 109 cm³/mol. The van der Waals surface area contributed by atoms with Gasteiger partial charge < -0.3 is 15.0 Å². The molecule has 0 unspecified atom stereocenters. The Labute approximate surface area is 170 Å². The van der Waals surface area contributed by atoms with E-state index >= 15 is 0 Å². The van der Waals surface area contributed by atoms with Crippen molar-refractivity contribution in [2.24, 2.45) is 5.92 Å². The molecule has 0 radical (unpaired) electrons. The third kappa shape index (κ3) is 5.56. The summed E-state index contributed by atoms with van der Waals surface area (Å²) in [4.78, 5) is 26.8. The zero-order chi connectivity index (χ0) is 20.8. The summed E-state index contributed by atoms with van der Waals surface area (Å²) in [7, 11) is 0. The van der Waals surface area contributed by atoms with Crippen LogP contribution in [0, 0.1) is 11.7 Å². The summed E-state index contributed by atoms with van der Waals surface area (Å²) in [6.45, 7) is 5.20. The highest BCUT2D eigenvalue weighted by atomic mass is 19.1. The highest BCUT2D eigenvalue weighted by Crippen LogP contribution is 2.20. The van der Waals surface area contributed by atoms with Crippen molar-refractivity contribution in [1.82, 2.24) is 10.2 Å². The van der Waals surface area contributed by atoms with Crippen molar-refractivity contribution < 1.29 is 18.7 Å². The quantitative estimate of drug-likeness (QED) is 0.806. The summed E-state index contributed by atoms with van der Waals surface area (Å²) in [5.41, 5.74) is 1.03. The molecule has 0 bridgehead atoms. The number of hydrogen-bond donors (Lipinski definition) is 1. The third-order valence-electron chi connectivity index (χ3n) is 4.95. The minimum Gasteiger partial charge on any atom is -0.491 e. The van der Waals surface area contributed by atoms with E-state index in [1.807, 2.05) is 38.1 Å². The number of carbonyl (C=O) groups excluding carboxylic acids is 2. The van der Waals surface area contributed by atoms with E-state index in [1.54, 1.807) is 17.0 Å². The van der Waals surface area contributed by atoms with Gasteiger partial charge in [-0.25, -0.2) is 4.39 Å². The number of nitrogens with zero attached hydrogens (tertiary/aromatic N) is 1. The molecule has 1 N–H and O–H groups in total. The average molecular weight is 398 g/mol. The largest absolute Gasteiger partial charge is 0.491 e. The maximum Gasteiger partial charge on any atom is 0.256 e. The zero-order valence-corrected chi connectivity index (χ0v) is 16.9. The Morgan fingerprint density at radius 1 is 1.17 bits per heavy atom. The van der Waals surface area contributed by atoms with Crippen LogP contribution in [0.25, 0.3) is 0 Å². The van der Waals surface area contributed by atoms with Crippen molar-refractivity contribution >= 4 is 11.8 Å². The van der Waals surface area contributed by atoms with E-state index in [2.05, 4.69) is 5.32 Å². The highest BCUT2D eigenvalue weighted by molar-refractivity contribution is 5.95. The first-order valence-electron chi connectivity index (χ1n) is 10.0. The topological polar surface area (TPSA) is 58.6 Å². The Hall–Kier alpha value is -2.89. The molecule has 1 aliphatic rings. The van der Waals surface area contributed by atoms with Crippen molar-refractivity contribution in [3.8, 4) is 5.75 Å². The number of amides is 2. The first kappa shape index (κ1) is 20.8. The molecule has 2 amide bonds. The fraction of sp³-hybridized carbons (Fsp3) is 0.391. The molecular weight excluding hydrogens is 371 g/mol. The molecule has 1 fully saturated rings. The summed E-state index contributed by atoms with van der Waals surface area (Å²) in [5, 5.41) is 2.95. The molecule has 3 rings (SSSR count). The lowest BCUT2D eigenvalue weighted by atomic mass is 9.96. The van der Waals surface area contributed by atoms with Crippen LogP contribution in [0.3, 0.4) is 0 Å². The van der Waals surface area contributed by atoms with Gasteiger partial charge in [-0.1, -0.05) is 24.3 Å². The van der Waals surface area contributed by atoms with Crippen LogP contribution in [-0.2, 0) is 11.3 Å². The monoisotopic (exact) mass is 398 g/mol. The zero-order valence-electron chi connectivity index (χ0n) is 16.9. The molecule has 6 heteroatoms. The number of piperidine rings is 1. The van der Waals surface area contributed by atoms with Crippen molar-refractivity contribution in [2.75, 3.05) is 13.1 Å². The van der Waals surface area contributed by atoms with Crippen LogP contribution >= 0.6 is 0 Å². The summed E-state index contributed by atoms with van der Waals surface area (Å²) < 4.78 is 19.5. The standard InChI is InChI=1S/C23H27FN2O3/c1-16(2)29-19-11-9-17(10-12-19)14-25-22(27)18-6-5-13-26(15-18)23(28)20-7-3-4-8-21(20)24/h3-4,7-12,16,18H,5-6,13-15H2,1-2H3,(H,25,27)/t18-/m1/s1. The van der Waals surface area contributed by atoms with E-state index in [0.717, 1.165) is 17.7 Å². The number of nitrogens with one attached hydrogen (secondary N) is 1. The second-order valence-corrected chi connectivity index (χ2v) is 7.60. The van der Waals surface area contributed by atoms with E-state index < -0.39 is 5.82 Å². The van der Waals surface area contributed by atoms with Crippen molar-refractivity contribution in [3.05, 3.63) is 65.5 Å². The smallest absolute Gasteiger partial charge is 0.256 e. The maximum atomic E-state index is 13.9. The summed E-state index contributed by atoms with van der Waals surface area (Å²) in [6.07, 6.45) is 1.55. The molecule has 1 aliphatic heterocycles. The predicted octanol–water partition coefficient (Wildman–Crippen LogP) is 3.78. The van der Waals surface area contributed by atoms with Crippen molar-refractivity contribution in [2.45, 2.75) is 39.3 Å². The number of benzene rings is 2. The van der Waals surface area contributed by atoms with Gasteiger partial charge in [-0.2, -0.15) is 0 Å². The lowest BCUT2D eigenvalue weighted by Crippen LogP contribution is -2.45. The second-order valence-electron chi connectivity index (χ2n) is 7.60. The number of carbonyl (C=O) groups is 2. The maximum absolute atomic E-state index is 13.9. The molecule has 2 aromatic carbocycles. The molecule has 29 heavy (non-hydrogen) atoms. The van der Waals surface area contributed by atoms with Crippen LogP contribution in [0.15, 0.2) is 48.5 Å². The molecule has 2 aromatic rings. The van der Waals surface area contributed by atoms with Crippen LogP contribution in [-0.4, -0.2) is 35.9 Å². The normalized spacial score (nSPS) is 16.6. The average Bonchev–Trinajstić information content (AvgIpc) is 2.72. The summed E-state index contributed by atoms with van der Waals surface area (Å²) >= 11 is 0. The Kier molecular flexibility index (Phi) is 6.86. The van der Waals surface area contributed by atoms with Gasteiger partial charge in [-0.3, -0.25) is 9.59 Å². The van der Waals surface area contributed by atoms with E-state index in [9.17, 15) is 14.0 Å². The van der Waals surface area contributed by atoms with Gasteiger partial charge in [-0.15, -0.1) is 0 Å². The van der Waals surface area contributed by atoms with Gasteiger partial charge in [0.15, 0.2) is 0 Å². The van der Waals surface area contributed by atoms with Gasteiger partial charge >= 0.3 is 0 Å². The number of hydrogen-bond acceptors (Lipinski definition) is 3. The van der Waals surface area contributed by atoms with Gasteiger partial charge in [0.05, 0.1) is 17.6 Å². The number of ether oxygens (including phenoxy) is 1. The molecule has 1 heterocycles. The molecule has 0 aromatic heterocycles. The van der Waals surface area contributed by atoms with Crippen LogP contribution in [0.4, 0.5) is 4.39 Å². The molecule has 0 aliphatic carbocycles. The molecule has 0 saturated carbocycles. The number of likely N-dealkylation sites (tertiary alicyclic amines) is 1. The Morgan fingerprint density at radius 2 is 1.90 bits per heavy atom. The molecule has 5 nitrogen and oxygen atoms in total. The number of rotatable bonds is 6. The van der Waals surface area contributed by atoms with E-state index in [0.29, 0.717) is 26.1 Å². The Morgan fingerprint density at radius 3 is 2.59 bits per heavy atom. The van der Waals surface area contributed by atoms with Gasteiger partial charge in [0.25, 0.3) is 5.91 Å². The molecule has 1 saturated heterocycles. The van der Waals surface area contributed by atoms with Crippen LogP contribution < -0.4 is 10.1 Å². The fourth-order valence-corrected chi connectivity index (χ4v) is 3.47. The minimum atomic E-state index is -0.533. The highest BCUT2D eigenvalue weighted by Gasteiger charge is 2.29. The van der Waals surface area contributed by atoms with Crippen LogP contribution in [0.5, 0.6) is 5.75 Å². The Balaban J connectivity index is 1.54. The van der Waals surface area contributed by atoms with E-state index in [4.69, 9.17) is 4.74 Å². The lowest BCUT2D eigenvalue weighted by molar-refractivity contribution is -0.126. The van der Waals surface area contributed by atoms with Gasteiger partial charge in [0.1, 0.15) is 11.6 Å². The molecular formula is C23H27FN2O3. The number of halogens is 1. The van der Waals surface area contributed by atoms with Crippen LogP contribution in [0.2, 0.25) is 0 Å². The van der Waals surface area contributed by atoms with Crippen molar-refractivity contribution in [3.63, 3.8) is 0 Å². The minimum absolute atomic E-state index is 0.0530. The SMILES string of the molecule is CC(C)Oc1ccc(CNC(=O)[C@@H]2CCCN(C(=O)c3ccccc3F)C2)cc1. The lowest BCUT2D eigenvalue weighted by Gasteiger charge is -2.32. The summed E-state index contributed by atoms with van der Waals surface area (Å²) in [5.74, 6) is -0.471. The Bertz CT molecular complexity index is 851. The second kappa shape index (κ2) is 9.54. The third-order valence-corrected chi connectivity index (χ3v) is 4.95. The van der Waals surface area contributed by atoms with Gasteiger partial charge in [0.2, 0.25) is 5.91 Å². The van der Waals surface area contributed by atoms with Gasteiger partial charge in [0, 0.05) is 19.6 Å². The first-order chi connectivity index (χ1) is 13.9. The first-order valence-corrected chi connectivity index (χ1v) is 10.0. The fourth-order valence-electron chi connectivity index (χ4n) is 3.47. The van der Waals surface area contributed by atoms with E-state index in [1.165, 1.54) is 12.1 Å². The molecule has 154 valence electrons. The van der Waals surface area contributed by atoms with E-state index in [-0.39, 0.29) is 29.4 Å². The molecule has 0 spiro atoms. The molecule has 1 atom stereocenters. The van der Waals surface area contributed by atoms with Crippen molar-refractivity contribution in [1.29, 1.82) is 0 Å². The van der Waals surface area contributed by atoms with Crippen LogP contribution in [0.1, 0.15) is 42.6 Å². The van der Waals surface area contributed by atoms with Gasteiger partial charge in [-0.05, 0) is 56.5 Å². The summed E-state index contributed by atoms with van der Waals surface area (Å²) in [6, 6.07) is 13.6.